The number of alkyl carbamates (subject to hydrolysis) is 1. The largest absolute Gasteiger partial charge is 0.480 e. The number of aliphatic carboxylic acids is 1. The van der Waals surface area contributed by atoms with Crippen LogP contribution in [0, 0.1) is 0 Å². The Morgan fingerprint density at radius 3 is 1.94 bits per heavy atom. The maximum Gasteiger partial charge on any atom is 0.408 e. The van der Waals surface area contributed by atoms with Crippen LogP contribution in [0.3, 0.4) is 0 Å². The molecule has 0 aliphatic carbocycles. The minimum Gasteiger partial charge on any atom is -0.480 e. The Balaban J connectivity index is 4.24. The van der Waals surface area contributed by atoms with E-state index in [2.05, 4.69) is 10.6 Å². The minimum absolute atomic E-state index is 0.587. The normalized spacial score (nSPS) is 14.3. The van der Waals surface area contributed by atoms with Crippen molar-refractivity contribution >= 4 is 18.0 Å². The molecule has 7 heteroatoms. The van der Waals surface area contributed by atoms with Gasteiger partial charge in [-0.15, -0.1) is 0 Å². The van der Waals surface area contributed by atoms with Gasteiger partial charge in [-0.1, -0.05) is 0 Å². The first-order valence-corrected chi connectivity index (χ1v) is 5.55. The van der Waals surface area contributed by atoms with Crippen LogP contribution < -0.4 is 10.6 Å². The molecule has 0 aliphatic rings. The van der Waals surface area contributed by atoms with Gasteiger partial charge in [0.2, 0.25) is 5.91 Å². The van der Waals surface area contributed by atoms with Gasteiger partial charge in [0.25, 0.3) is 0 Å². The Labute approximate surface area is 106 Å². The van der Waals surface area contributed by atoms with E-state index in [0.29, 0.717) is 0 Å². The van der Waals surface area contributed by atoms with Crippen LogP contribution in [-0.4, -0.2) is 40.8 Å². The molecule has 18 heavy (non-hydrogen) atoms. The third-order valence-electron chi connectivity index (χ3n) is 1.86. The van der Waals surface area contributed by atoms with Crippen LogP contribution >= 0.6 is 0 Å². The van der Waals surface area contributed by atoms with Gasteiger partial charge in [-0.05, 0) is 34.6 Å². The number of hydrogen-bond acceptors (Lipinski definition) is 4. The highest BCUT2D eigenvalue weighted by Gasteiger charge is 2.23. The summed E-state index contributed by atoms with van der Waals surface area (Å²) in [4.78, 5) is 33.4. The monoisotopic (exact) mass is 260 g/mol. The van der Waals surface area contributed by atoms with E-state index < -0.39 is 35.7 Å². The molecule has 7 nitrogen and oxygen atoms in total. The van der Waals surface area contributed by atoms with Crippen LogP contribution in [0.1, 0.15) is 34.6 Å². The van der Waals surface area contributed by atoms with Gasteiger partial charge in [0.1, 0.15) is 17.7 Å². The molecule has 0 heterocycles. The highest BCUT2D eigenvalue weighted by atomic mass is 16.6. The van der Waals surface area contributed by atoms with Gasteiger partial charge >= 0.3 is 12.1 Å². The van der Waals surface area contributed by atoms with Gasteiger partial charge in [0.15, 0.2) is 0 Å². The number of carboxylic acid groups (broad SMARTS) is 1. The Morgan fingerprint density at radius 2 is 1.56 bits per heavy atom. The molecule has 0 rings (SSSR count). The molecule has 104 valence electrons. The number of ether oxygens (including phenoxy) is 1. The van der Waals surface area contributed by atoms with E-state index in [0.717, 1.165) is 0 Å². The van der Waals surface area contributed by atoms with Crippen molar-refractivity contribution in [1.82, 2.24) is 10.6 Å². The molecule has 0 spiro atoms. The number of rotatable bonds is 4. The minimum atomic E-state index is -1.15. The molecular formula is C11H20N2O5. The van der Waals surface area contributed by atoms with Crippen molar-refractivity contribution < 1.29 is 24.2 Å². The first-order chi connectivity index (χ1) is 8.03. The van der Waals surface area contributed by atoms with Crippen LogP contribution in [0.4, 0.5) is 4.79 Å². The van der Waals surface area contributed by atoms with E-state index in [-0.39, 0.29) is 0 Å². The maximum absolute atomic E-state index is 11.5. The molecule has 0 unspecified atom stereocenters. The fraction of sp³-hybridized carbons (Fsp3) is 0.727. The van der Waals surface area contributed by atoms with Gasteiger partial charge in [-0.25, -0.2) is 4.79 Å². The maximum atomic E-state index is 11.5. The second-order valence-electron chi connectivity index (χ2n) is 4.94. The lowest BCUT2D eigenvalue weighted by molar-refractivity contribution is -0.141. The van der Waals surface area contributed by atoms with Crippen LogP contribution in [0.15, 0.2) is 0 Å². The highest BCUT2D eigenvalue weighted by Crippen LogP contribution is 2.06. The quantitative estimate of drug-likeness (QED) is 0.682. The molecule has 3 N–H and O–H groups in total. The molecule has 2 atom stereocenters. The third kappa shape index (κ3) is 6.72. The molecule has 0 aromatic rings. The molecule has 0 aliphatic heterocycles. The SMILES string of the molecule is C[C@H](NC(=O)OC(C)(C)C)C(=O)N[C@H](C)C(=O)O. The second-order valence-corrected chi connectivity index (χ2v) is 4.94. The first kappa shape index (κ1) is 16.2. The Hall–Kier alpha value is -1.79. The highest BCUT2D eigenvalue weighted by molar-refractivity contribution is 5.88. The third-order valence-corrected chi connectivity index (χ3v) is 1.86. The fourth-order valence-corrected chi connectivity index (χ4v) is 0.950. The summed E-state index contributed by atoms with van der Waals surface area (Å²) >= 11 is 0. The molecule has 0 saturated heterocycles. The first-order valence-electron chi connectivity index (χ1n) is 5.55. The van der Waals surface area contributed by atoms with E-state index in [1.807, 2.05) is 0 Å². The van der Waals surface area contributed by atoms with Crippen molar-refractivity contribution in [2.45, 2.75) is 52.3 Å². The number of carbonyl (C=O) groups excluding carboxylic acids is 2. The molecule has 2 amide bonds. The Morgan fingerprint density at radius 1 is 1.06 bits per heavy atom. The predicted octanol–water partition coefficient (Wildman–Crippen LogP) is 0.489. The molecule has 0 saturated carbocycles. The van der Waals surface area contributed by atoms with E-state index in [1.165, 1.54) is 13.8 Å². The zero-order valence-electron chi connectivity index (χ0n) is 11.2. The lowest BCUT2D eigenvalue weighted by atomic mass is 10.2. The summed E-state index contributed by atoms with van der Waals surface area (Å²) in [7, 11) is 0. The summed E-state index contributed by atoms with van der Waals surface area (Å²) in [6.45, 7) is 7.87. The second kappa shape index (κ2) is 6.23. The fourth-order valence-electron chi connectivity index (χ4n) is 0.950. The van der Waals surface area contributed by atoms with E-state index >= 15 is 0 Å². The average molecular weight is 260 g/mol. The van der Waals surface area contributed by atoms with Crippen molar-refractivity contribution in [3.63, 3.8) is 0 Å². The summed E-state index contributed by atoms with van der Waals surface area (Å²) in [5, 5.41) is 13.2. The number of amides is 2. The van der Waals surface area contributed by atoms with Crippen LogP contribution in [0.5, 0.6) is 0 Å². The van der Waals surface area contributed by atoms with Crippen LogP contribution in [0.2, 0.25) is 0 Å². The number of nitrogens with one attached hydrogen (secondary N) is 2. The smallest absolute Gasteiger partial charge is 0.408 e. The lowest BCUT2D eigenvalue weighted by Gasteiger charge is -2.22. The van der Waals surface area contributed by atoms with Gasteiger partial charge in [-0.3, -0.25) is 9.59 Å². The van der Waals surface area contributed by atoms with Crippen LogP contribution in [-0.2, 0) is 14.3 Å². The molecule has 0 aromatic carbocycles. The Kier molecular flexibility index (Phi) is 5.61. The van der Waals surface area contributed by atoms with Crippen molar-refractivity contribution in [2.24, 2.45) is 0 Å². The molecule has 0 aromatic heterocycles. The zero-order chi connectivity index (χ0) is 14.5. The predicted molar refractivity (Wildman–Crippen MR) is 64.1 cm³/mol. The van der Waals surface area contributed by atoms with Gasteiger partial charge < -0.3 is 20.5 Å². The molecular weight excluding hydrogens is 240 g/mol. The molecule has 0 fully saturated rings. The van der Waals surface area contributed by atoms with Gasteiger partial charge in [0, 0.05) is 0 Å². The van der Waals surface area contributed by atoms with Gasteiger partial charge in [-0.2, -0.15) is 0 Å². The standard InChI is InChI=1S/C11H20N2O5/c1-6(8(14)12-7(2)9(15)16)13-10(17)18-11(3,4)5/h6-7H,1-5H3,(H,12,14)(H,13,17)(H,15,16)/t6-,7+/m0/s1. The lowest BCUT2D eigenvalue weighted by Crippen LogP contribution is -2.50. The average Bonchev–Trinajstić information content (AvgIpc) is 2.13. The van der Waals surface area contributed by atoms with E-state index in [1.54, 1.807) is 20.8 Å². The number of carboxylic acids is 1. The summed E-state index contributed by atoms with van der Waals surface area (Å²) in [5.74, 6) is -1.73. The van der Waals surface area contributed by atoms with Crippen molar-refractivity contribution in [3.8, 4) is 0 Å². The summed E-state index contributed by atoms with van der Waals surface area (Å²) in [6.07, 6.45) is -0.729. The summed E-state index contributed by atoms with van der Waals surface area (Å²) < 4.78 is 4.96. The summed E-state index contributed by atoms with van der Waals surface area (Å²) in [6, 6.07) is -1.89. The van der Waals surface area contributed by atoms with Crippen molar-refractivity contribution in [1.29, 1.82) is 0 Å². The van der Waals surface area contributed by atoms with E-state index in [4.69, 9.17) is 9.84 Å². The summed E-state index contributed by atoms with van der Waals surface area (Å²) in [5.41, 5.74) is -0.658. The van der Waals surface area contributed by atoms with Crippen LogP contribution in [0.25, 0.3) is 0 Å². The molecule has 0 radical (unpaired) electrons. The number of hydrogen-bond donors (Lipinski definition) is 3. The van der Waals surface area contributed by atoms with Crippen molar-refractivity contribution in [3.05, 3.63) is 0 Å². The zero-order valence-corrected chi connectivity index (χ0v) is 11.2. The topological polar surface area (TPSA) is 105 Å². The van der Waals surface area contributed by atoms with Gasteiger partial charge in [0.05, 0.1) is 0 Å². The Bertz CT molecular complexity index is 335. The van der Waals surface area contributed by atoms with Crippen molar-refractivity contribution in [2.75, 3.05) is 0 Å². The number of carbonyl (C=O) groups is 3. The van der Waals surface area contributed by atoms with E-state index in [9.17, 15) is 14.4 Å². The molecule has 0 bridgehead atoms.